The second-order valence-electron chi connectivity index (χ2n) is 8.42. The van der Waals surface area contributed by atoms with Crippen LogP contribution in [0.5, 0.6) is 0 Å². The number of rotatable bonds is 2. The van der Waals surface area contributed by atoms with Crippen molar-refractivity contribution < 1.29 is 19.1 Å². The first-order valence-corrected chi connectivity index (χ1v) is 9.82. The monoisotopic (exact) mass is 407 g/mol. The zero-order valence-electron chi connectivity index (χ0n) is 16.4. The summed E-state index contributed by atoms with van der Waals surface area (Å²) in [5.74, 6) is -0.551. The SMILES string of the molecule is CC(C)(C)OC(=O)N1CC2CC(C1)C(=O)N(C(=O)NCc1ccc(Cl)cc1)C2. The van der Waals surface area contributed by atoms with E-state index in [4.69, 9.17) is 16.3 Å². The number of carbonyl (C=O) groups is 3. The fourth-order valence-electron chi connectivity index (χ4n) is 3.62. The van der Waals surface area contributed by atoms with E-state index in [2.05, 4.69) is 5.32 Å². The van der Waals surface area contributed by atoms with Gasteiger partial charge >= 0.3 is 12.1 Å². The number of carbonyl (C=O) groups excluding carboxylic acids is 3. The molecule has 1 N–H and O–H groups in total. The molecule has 2 aliphatic heterocycles. The molecular formula is C20H26ClN3O4. The van der Waals surface area contributed by atoms with E-state index in [9.17, 15) is 14.4 Å². The molecule has 0 radical (unpaired) electrons. The highest BCUT2D eigenvalue weighted by molar-refractivity contribution is 6.30. The van der Waals surface area contributed by atoms with Crippen LogP contribution in [0.2, 0.25) is 5.02 Å². The van der Waals surface area contributed by atoms with Gasteiger partial charge in [-0.3, -0.25) is 9.69 Å². The fraction of sp³-hybridized carbons (Fsp3) is 0.550. The van der Waals surface area contributed by atoms with E-state index in [1.54, 1.807) is 17.0 Å². The van der Waals surface area contributed by atoms with Crippen LogP contribution in [0.1, 0.15) is 32.8 Å². The summed E-state index contributed by atoms with van der Waals surface area (Å²) in [4.78, 5) is 40.5. The number of nitrogens with one attached hydrogen (secondary N) is 1. The largest absolute Gasteiger partial charge is 0.444 e. The first kappa shape index (κ1) is 20.5. The van der Waals surface area contributed by atoms with E-state index < -0.39 is 17.7 Å². The molecule has 2 heterocycles. The van der Waals surface area contributed by atoms with Crippen molar-refractivity contribution in [2.24, 2.45) is 11.8 Å². The Kier molecular flexibility index (Phi) is 5.84. The van der Waals surface area contributed by atoms with Crippen LogP contribution in [0, 0.1) is 11.8 Å². The standard InChI is InChI=1S/C20H26ClN3O4/c1-20(2,3)28-19(27)23-10-14-8-15(12-23)17(25)24(11-14)18(26)22-9-13-4-6-16(21)7-5-13/h4-7,14-15H,8-12H2,1-3H3,(H,22,26). The van der Waals surface area contributed by atoms with E-state index in [-0.39, 0.29) is 24.3 Å². The van der Waals surface area contributed by atoms with Crippen LogP contribution in [0.3, 0.4) is 0 Å². The first-order chi connectivity index (χ1) is 13.1. The summed E-state index contributed by atoms with van der Waals surface area (Å²) in [7, 11) is 0. The maximum absolute atomic E-state index is 12.8. The number of halogens is 1. The van der Waals surface area contributed by atoms with Crippen molar-refractivity contribution in [2.45, 2.75) is 39.3 Å². The van der Waals surface area contributed by atoms with Crippen LogP contribution in [0.4, 0.5) is 9.59 Å². The summed E-state index contributed by atoms with van der Waals surface area (Å²) in [5, 5.41) is 3.42. The molecule has 0 aromatic heterocycles. The van der Waals surface area contributed by atoms with E-state index in [1.165, 1.54) is 4.90 Å². The molecule has 1 aromatic carbocycles. The molecule has 7 nitrogen and oxygen atoms in total. The molecule has 2 unspecified atom stereocenters. The maximum atomic E-state index is 12.8. The number of ether oxygens (including phenoxy) is 1. The number of likely N-dealkylation sites (tertiary alicyclic amines) is 2. The average molecular weight is 408 g/mol. The van der Waals surface area contributed by atoms with Crippen LogP contribution >= 0.6 is 11.6 Å². The van der Waals surface area contributed by atoms with Gasteiger partial charge in [-0.05, 0) is 50.8 Å². The Morgan fingerprint density at radius 3 is 2.50 bits per heavy atom. The van der Waals surface area contributed by atoms with Crippen LogP contribution in [-0.4, -0.2) is 53.1 Å². The zero-order valence-corrected chi connectivity index (χ0v) is 17.2. The number of hydrogen-bond donors (Lipinski definition) is 1. The summed E-state index contributed by atoms with van der Waals surface area (Å²) in [5.41, 5.74) is 0.319. The third-order valence-electron chi connectivity index (χ3n) is 4.85. The number of urea groups is 1. The Labute approximate surface area is 169 Å². The molecule has 8 heteroatoms. The van der Waals surface area contributed by atoms with Gasteiger partial charge in [0.2, 0.25) is 5.91 Å². The first-order valence-electron chi connectivity index (χ1n) is 9.44. The molecule has 2 saturated heterocycles. The Morgan fingerprint density at radius 2 is 1.86 bits per heavy atom. The highest BCUT2D eigenvalue weighted by Crippen LogP contribution is 2.30. The van der Waals surface area contributed by atoms with Gasteiger partial charge in [-0.15, -0.1) is 0 Å². The van der Waals surface area contributed by atoms with Crippen LogP contribution in [0.15, 0.2) is 24.3 Å². The molecule has 3 rings (SSSR count). The molecule has 28 heavy (non-hydrogen) atoms. The Hall–Kier alpha value is -2.28. The van der Waals surface area contributed by atoms with E-state index in [0.29, 0.717) is 31.1 Å². The molecule has 2 aliphatic rings. The Bertz CT molecular complexity index is 760. The van der Waals surface area contributed by atoms with Crippen molar-refractivity contribution in [2.75, 3.05) is 19.6 Å². The van der Waals surface area contributed by atoms with Gasteiger partial charge in [0.15, 0.2) is 0 Å². The lowest BCUT2D eigenvalue weighted by Crippen LogP contribution is -2.60. The molecule has 2 bridgehead atoms. The number of imide groups is 1. The highest BCUT2D eigenvalue weighted by Gasteiger charge is 2.44. The van der Waals surface area contributed by atoms with E-state index in [0.717, 1.165) is 5.56 Å². The second-order valence-corrected chi connectivity index (χ2v) is 8.85. The van der Waals surface area contributed by atoms with Gasteiger partial charge < -0.3 is 15.0 Å². The minimum atomic E-state index is -0.582. The Morgan fingerprint density at radius 1 is 1.18 bits per heavy atom. The van der Waals surface area contributed by atoms with Crippen molar-refractivity contribution in [3.8, 4) is 0 Å². The predicted molar refractivity (Wildman–Crippen MR) is 105 cm³/mol. The van der Waals surface area contributed by atoms with Crippen molar-refractivity contribution in [3.05, 3.63) is 34.9 Å². The lowest BCUT2D eigenvalue weighted by atomic mass is 9.84. The van der Waals surface area contributed by atoms with Crippen LogP contribution in [-0.2, 0) is 16.1 Å². The number of benzene rings is 1. The van der Waals surface area contributed by atoms with Crippen molar-refractivity contribution in [1.82, 2.24) is 15.1 Å². The normalized spacial score (nSPS) is 22.1. The molecule has 2 fully saturated rings. The number of nitrogens with zero attached hydrogens (tertiary/aromatic N) is 2. The fourth-order valence-corrected chi connectivity index (χ4v) is 3.74. The van der Waals surface area contributed by atoms with Gasteiger partial charge in [-0.2, -0.15) is 0 Å². The molecule has 0 saturated carbocycles. The van der Waals surface area contributed by atoms with Crippen LogP contribution in [0.25, 0.3) is 0 Å². The maximum Gasteiger partial charge on any atom is 0.410 e. The molecule has 152 valence electrons. The summed E-state index contributed by atoms with van der Waals surface area (Å²) in [6.07, 6.45) is 0.287. The minimum absolute atomic E-state index is 0.0604. The second kappa shape index (κ2) is 7.99. The van der Waals surface area contributed by atoms with Gasteiger partial charge in [-0.25, -0.2) is 9.59 Å². The van der Waals surface area contributed by atoms with Crippen molar-refractivity contribution in [3.63, 3.8) is 0 Å². The molecule has 4 amide bonds. The van der Waals surface area contributed by atoms with Gasteiger partial charge in [-0.1, -0.05) is 23.7 Å². The third-order valence-corrected chi connectivity index (χ3v) is 5.10. The van der Waals surface area contributed by atoms with Gasteiger partial charge in [0, 0.05) is 31.2 Å². The number of hydrogen-bond acceptors (Lipinski definition) is 4. The number of piperidine rings is 2. The van der Waals surface area contributed by atoms with Crippen molar-refractivity contribution >= 4 is 29.6 Å². The lowest BCUT2D eigenvalue weighted by Gasteiger charge is -2.44. The summed E-state index contributed by atoms with van der Waals surface area (Å²) >= 11 is 5.86. The highest BCUT2D eigenvalue weighted by atomic mass is 35.5. The third kappa shape index (κ3) is 4.95. The van der Waals surface area contributed by atoms with Crippen LogP contribution < -0.4 is 5.32 Å². The average Bonchev–Trinajstić information content (AvgIpc) is 2.62. The zero-order chi connectivity index (χ0) is 20.5. The molecule has 2 atom stereocenters. The summed E-state index contributed by atoms with van der Waals surface area (Å²) in [6.45, 7) is 6.83. The van der Waals surface area contributed by atoms with Gasteiger partial charge in [0.1, 0.15) is 5.60 Å². The van der Waals surface area contributed by atoms with Gasteiger partial charge in [0.05, 0.1) is 5.92 Å². The number of amides is 4. The molecule has 0 aliphatic carbocycles. The van der Waals surface area contributed by atoms with E-state index >= 15 is 0 Å². The Balaban J connectivity index is 1.58. The minimum Gasteiger partial charge on any atom is -0.444 e. The summed E-state index contributed by atoms with van der Waals surface area (Å²) in [6, 6.07) is 6.76. The molecule has 1 aromatic rings. The summed E-state index contributed by atoms with van der Waals surface area (Å²) < 4.78 is 5.42. The smallest absolute Gasteiger partial charge is 0.410 e. The van der Waals surface area contributed by atoms with E-state index in [1.807, 2.05) is 32.9 Å². The number of fused-ring (bicyclic) bond motifs is 2. The van der Waals surface area contributed by atoms with Gasteiger partial charge in [0.25, 0.3) is 0 Å². The quantitative estimate of drug-likeness (QED) is 0.816. The van der Waals surface area contributed by atoms with Crippen molar-refractivity contribution in [1.29, 1.82) is 0 Å². The lowest BCUT2D eigenvalue weighted by molar-refractivity contribution is -0.140. The predicted octanol–water partition coefficient (Wildman–Crippen LogP) is 3.27. The molecular weight excluding hydrogens is 382 g/mol. The molecule has 0 spiro atoms. The topological polar surface area (TPSA) is 79.0 Å².